The van der Waals surface area contributed by atoms with Crippen LogP contribution in [0.5, 0.6) is 17.2 Å². The minimum Gasteiger partial charge on any atom is -0.493 e. The number of ether oxygens (including phenoxy) is 5. The highest BCUT2D eigenvalue weighted by Gasteiger charge is 2.97. The molecule has 2 fully saturated rings. The number of nitrogens with zero attached hydrogens (tertiary/aromatic N) is 2. The first-order valence-electron chi connectivity index (χ1n) is 8.76. The molecule has 5 atom stereocenters. The Kier molecular flexibility index (Phi) is 3.76. The molecule has 3 aliphatic rings. The van der Waals surface area contributed by atoms with Gasteiger partial charge in [-0.2, -0.15) is 10.5 Å². The molecule has 0 radical (unpaired) electrons. The normalized spacial score (nSPS) is 37.6. The van der Waals surface area contributed by atoms with Crippen LogP contribution >= 0.6 is 0 Å². The monoisotopic (exact) mass is 385 g/mol. The molecule has 2 heterocycles. The summed E-state index contributed by atoms with van der Waals surface area (Å²) < 4.78 is 28.1. The summed E-state index contributed by atoms with van der Waals surface area (Å²) in [6.07, 6.45) is -0.249. The maximum absolute atomic E-state index is 10.2. The summed E-state index contributed by atoms with van der Waals surface area (Å²) in [6, 6.07) is 8.00. The third-order valence-electron chi connectivity index (χ3n) is 5.91. The first kappa shape index (κ1) is 18.4. The summed E-state index contributed by atoms with van der Waals surface area (Å²) in [5.74, 6) is -0.662. The lowest BCUT2D eigenvalue weighted by atomic mass is 9.93. The highest BCUT2D eigenvalue weighted by Crippen LogP contribution is 2.79. The van der Waals surface area contributed by atoms with Gasteiger partial charge in [-0.1, -0.05) is 0 Å². The van der Waals surface area contributed by atoms with Crippen LogP contribution < -0.4 is 24.9 Å². The maximum atomic E-state index is 10.2. The summed E-state index contributed by atoms with van der Waals surface area (Å²) in [5, 5.41) is 20.3. The van der Waals surface area contributed by atoms with Gasteiger partial charge in [0.25, 0.3) is 5.84 Å². The molecule has 146 valence electrons. The summed E-state index contributed by atoms with van der Waals surface area (Å²) >= 11 is 0. The molecule has 3 N–H and O–H groups in total. The predicted molar refractivity (Wildman–Crippen MR) is 94.3 cm³/mol. The third-order valence-corrected chi connectivity index (χ3v) is 5.91. The molecule has 1 saturated carbocycles. The highest BCUT2D eigenvalue weighted by atomic mass is 16.8. The van der Waals surface area contributed by atoms with Crippen molar-refractivity contribution in [3.8, 4) is 29.4 Å². The SMILES string of the molecule is COc1cc([C@H]2[C@@]3(C#N)[C@@]4([NH+]=C(N)[C@@]23C#N)OC[C@@H](C)O4)cc(OC)c1OC. The van der Waals surface area contributed by atoms with Gasteiger partial charge in [0.2, 0.25) is 5.75 Å². The fraction of sp³-hybridized carbons (Fsp3) is 0.526. The molecule has 2 aliphatic heterocycles. The molecule has 0 bridgehead atoms. The third kappa shape index (κ3) is 1.78. The Bertz CT molecular complexity index is 941. The van der Waals surface area contributed by atoms with Crippen LogP contribution in [0.1, 0.15) is 18.4 Å². The van der Waals surface area contributed by atoms with Crippen LogP contribution in [-0.2, 0) is 9.47 Å². The second-order valence-electron chi connectivity index (χ2n) is 7.13. The van der Waals surface area contributed by atoms with E-state index in [1.807, 2.05) is 6.92 Å². The van der Waals surface area contributed by atoms with Crippen molar-refractivity contribution in [1.82, 2.24) is 0 Å². The number of hydrogen-bond acceptors (Lipinski definition) is 8. The number of nitrogens with two attached hydrogens (primary N) is 1. The number of methoxy groups -OCH3 is 3. The van der Waals surface area contributed by atoms with Crippen molar-refractivity contribution in [3.63, 3.8) is 0 Å². The van der Waals surface area contributed by atoms with Crippen molar-refractivity contribution in [2.45, 2.75) is 24.9 Å². The standard InChI is InChI=1S/C19H20N4O5/c1-10-7-27-19(28-10)18(9-21)15(17(18,8-20)16(22)23-19)11-5-12(24-2)14(26-4)13(6-11)25-3/h5-6,10,15H,7H2,1-4H3,(H2,22,23)/p+1/t10-,15-,17-,18-,19-/m1/s1. The summed E-state index contributed by atoms with van der Waals surface area (Å²) in [7, 11) is 4.51. The quantitative estimate of drug-likeness (QED) is 0.700. The van der Waals surface area contributed by atoms with Crippen LogP contribution in [0, 0.1) is 33.5 Å². The number of rotatable bonds is 4. The first-order valence-corrected chi connectivity index (χ1v) is 8.76. The molecule has 0 unspecified atom stereocenters. The summed E-state index contributed by atoms with van der Waals surface area (Å²) in [5.41, 5.74) is 4.22. The van der Waals surface area contributed by atoms with E-state index in [2.05, 4.69) is 17.1 Å². The van der Waals surface area contributed by atoms with Gasteiger partial charge in [-0.05, 0) is 24.6 Å². The first-order chi connectivity index (χ1) is 13.4. The lowest BCUT2D eigenvalue weighted by molar-refractivity contribution is -0.677. The van der Waals surface area contributed by atoms with E-state index in [0.717, 1.165) is 0 Å². The topological polar surface area (TPSA) is 134 Å². The molecule has 1 saturated heterocycles. The van der Waals surface area contributed by atoms with E-state index in [-0.39, 0.29) is 18.5 Å². The summed E-state index contributed by atoms with van der Waals surface area (Å²) in [6.45, 7) is 2.12. The van der Waals surface area contributed by atoms with Crippen molar-refractivity contribution in [2.24, 2.45) is 16.6 Å². The predicted octanol–water partition coefficient (Wildman–Crippen LogP) is -0.630. The van der Waals surface area contributed by atoms with E-state index in [9.17, 15) is 10.5 Å². The molecular weight excluding hydrogens is 364 g/mol. The Labute approximate surface area is 162 Å². The fourth-order valence-corrected chi connectivity index (χ4v) is 4.73. The zero-order valence-corrected chi connectivity index (χ0v) is 16.0. The lowest BCUT2D eigenvalue weighted by Crippen LogP contribution is -2.90. The Balaban J connectivity index is 1.92. The molecule has 0 amide bonds. The molecule has 9 heteroatoms. The van der Waals surface area contributed by atoms with Crippen LogP contribution in [0.25, 0.3) is 0 Å². The maximum Gasteiger partial charge on any atom is 0.343 e. The molecule has 1 aliphatic carbocycles. The van der Waals surface area contributed by atoms with Crippen LogP contribution in [-0.4, -0.2) is 45.8 Å². The van der Waals surface area contributed by atoms with Gasteiger partial charge >= 0.3 is 5.91 Å². The van der Waals surface area contributed by atoms with Crippen LogP contribution in [0.3, 0.4) is 0 Å². The number of benzene rings is 1. The molecule has 1 aromatic carbocycles. The molecule has 1 aromatic rings. The van der Waals surface area contributed by atoms with Gasteiger partial charge in [-0.15, -0.1) is 0 Å². The van der Waals surface area contributed by atoms with E-state index in [0.29, 0.717) is 22.8 Å². The second-order valence-corrected chi connectivity index (χ2v) is 7.13. The number of fused-ring (bicyclic) bond motifs is 2. The van der Waals surface area contributed by atoms with Gasteiger partial charge in [-0.25, -0.2) is 4.99 Å². The molecular formula is C19H21N4O5+. The van der Waals surface area contributed by atoms with Crippen LogP contribution in [0.2, 0.25) is 0 Å². The van der Waals surface area contributed by atoms with Crippen LogP contribution in [0.15, 0.2) is 12.1 Å². The van der Waals surface area contributed by atoms with Gasteiger partial charge in [0, 0.05) is 5.92 Å². The zero-order chi connectivity index (χ0) is 20.3. The lowest BCUT2D eigenvalue weighted by Gasteiger charge is -2.24. The Morgan fingerprint density at radius 3 is 2.21 bits per heavy atom. The molecule has 1 spiro atoms. The van der Waals surface area contributed by atoms with E-state index >= 15 is 0 Å². The minimum absolute atomic E-state index is 0.157. The van der Waals surface area contributed by atoms with Crippen molar-refractivity contribution >= 4 is 5.84 Å². The van der Waals surface area contributed by atoms with Gasteiger partial charge in [-0.3, -0.25) is 5.73 Å². The van der Waals surface area contributed by atoms with Gasteiger partial charge in [0.05, 0.1) is 46.2 Å². The molecule has 9 nitrogen and oxygen atoms in total. The van der Waals surface area contributed by atoms with Crippen molar-refractivity contribution in [3.05, 3.63) is 17.7 Å². The van der Waals surface area contributed by atoms with Crippen molar-refractivity contribution in [2.75, 3.05) is 27.9 Å². The van der Waals surface area contributed by atoms with Gasteiger partial charge in [0.15, 0.2) is 22.3 Å². The number of nitriles is 2. The van der Waals surface area contributed by atoms with E-state index in [4.69, 9.17) is 29.4 Å². The van der Waals surface area contributed by atoms with Gasteiger partial charge in [0.1, 0.15) is 0 Å². The Morgan fingerprint density at radius 1 is 1.14 bits per heavy atom. The van der Waals surface area contributed by atoms with Crippen LogP contribution in [0.4, 0.5) is 0 Å². The summed E-state index contributed by atoms with van der Waals surface area (Å²) in [4.78, 5) is 2.94. The van der Waals surface area contributed by atoms with Gasteiger partial charge < -0.3 is 23.7 Å². The number of nitrogens with one attached hydrogen (secondary N) is 1. The smallest absolute Gasteiger partial charge is 0.343 e. The average molecular weight is 385 g/mol. The average Bonchev–Trinajstić information content (AvgIpc) is 3.10. The highest BCUT2D eigenvalue weighted by molar-refractivity contribution is 5.95. The fourth-order valence-electron chi connectivity index (χ4n) is 4.73. The second kappa shape index (κ2) is 5.74. The van der Waals surface area contributed by atoms with E-state index < -0.39 is 22.7 Å². The Hall–Kier alpha value is -3.01. The minimum atomic E-state index is -1.48. The van der Waals surface area contributed by atoms with Crippen molar-refractivity contribution in [1.29, 1.82) is 10.5 Å². The van der Waals surface area contributed by atoms with E-state index in [1.165, 1.54) is 21.3 Å². The molecule has 4 rings (SSSR count). The number of hydrogen-bond donors (Lipinski definition) is 2. The zero-order valence-electron chi connectivity index (χ0n) is 16.0. The number of amidine groups is 1. The molecule has 28 heavy (non-hydrogen) atoms. The van der Waals surface area contributed by atoms with Crippen molar-refractivity contribution < 1.29 is 28.7 Å². The molecule has 0 aromatic heterocycles. The Morgan fingerprint density at radius 2 is 1.79 bits per heavy atom. The van der Waals surface area contributed by atoms with E-state index in [1.54, 1.807) is 12.1 Å². The largest absolute Gasteiger partial charge is 0.493 e.